The number of nitrogens with zero attached hydrogens (tertiary/aromatic N) is 4. The van der Waals surface area contributed by atoms with Gasteiger partial charge >= 0.3 is 5.69 Å². The van der Waals surface area contributed by atoms with Crippen molar-refractivity contribution in [2.75, 3.05) is 12.0 Å². The minimum atomic E-state index is -0.547. The lowest BCUT2D eigenvalue weighted by atomic mass is 10.2. The Labute approximate surface area is 187 Å². The van der Waals surface area contributed by atoms with Crippen LogP contribution in [-0.2, 0) is 13.6 Å². The Bertz CT molecular complexity index is 1400. The highest BCUT2D eigenvalue weighted by atomic mass is 35.5. The van der Waals surface area contributed by atoms with Crippen LogP contribution in [0.4, 0.5) is 5.95 Å². The minimum absolute atomic E-state index is 0.240. The molecule has 0 saturated carbocycles. The fourth-order valence-electron chi connectivity index (χ4n) is 3.25. The Balaban J connectivity index is 1.72. The second-order valence-corrected chi connectivity index (χ2v) is 7.38. The normalized spacial score (nSPS) is 11.3. The van der Waals surface area contributed by atoms with Crippen molar-refractivity contribution < 1.29 is 4.74 Å². The zero-order valence-corrected chi connectivity index (χ0v) is 18.3. The average Bonchev–Trinajstić information content (AvgIpc) is 3.14. The zero-order chi connectivity index (χ0) is 22.7. The summed E-state index contributed by atoms with van der Waals surface area (Å²) in [6.07, 6.45) is 1.62. The van der Waals surface area contributed by atoms with Gasteiger partial charge in [-0.15, -0.1) is 0 Å². The topological polar surface area (TPSA) is 106 Å². The number of ether oxygens (including phenoxy) is 1. The summed E-state index contributed by atoms with van der Waals surface area (Å²) in [7, 11) is 1.54. The van der Waals surface area contributed by atoms with Crippen molar-refractivity contribution in [2.24, 2.45) is 12.1 Å². The number of aryl methyl sites for hydroxylation is 1. The molecule has 2 aromatic carbocycles. The summed E-state index contributed by atoms with van der Waals surface area (Å²) < 4.78 is 8.36. The fourth-order valence-corrected chi connectivity index (χ4v) is 3.45. The maximum absolute atomic E-state index is 12.6. The molecule has 0 spiro atoms. The van der Waals surface area contributed by atoms with E-state index in [9.17, 15) is 9.59 Å². The van der Waals surface area contributed by atoms with Crippen LogP contribution in [0.3, 0.4) is 0 Å². The fraction of sp³-hybridized carbons (Fsp3) is 0.182. The summed E-state index contributed by atoms with van der Waals surface area (Å²) in [5, 5.41) is 4.81. The quantitative estimate of drug-likeness (QED) is 0.331. The van der Waals surface area contributed by atoms with Crippen LogP contribution in [-0.4, -0.2) is 31.9 Å². The number of imidazole rings is 1. The Morgan fingerprint density at radius 1 is 1.19 bits per heavy atom. The molecule has 0 radical (unpaired) electrons. The van der Waals surface area contributed by atoms with Crippen molar-refractivity contribution in [3.8, 4) is 5.75 Å². The third-order valence-corrected chi connectivity index (χ3v) is 5.23. The number of hydrazone groups is 1. The van der Waals surface area contributed by atoms with Gasteiger partial charge in [0.25, 0.3) is 5.56 Å². The molecular weight excluding hydrogens is 432 g/mol. The summed E-state index contributed by atoms with van der Waals surface area (Å²) in [5.41, 5.74) is 3.92. The van der Waals surface area contributed by atoms with Crippen molar-refractivity contribution in [1.29, 1.82) is 0 Å². The predicted octanol–water partition coefficient (Wildman–Crippen LogP) is 2.97. The van der Waals surface area contributed by atoms with E-state index in [0.29, 0.717) is 17.6 Å². The van der Waals surface area contributed by atoms with Gasteiger partial charge in [0.2, 0.25) is 5.95 Å². The Kier molecular flexibility index (Phi) is 6.09. The molecule has 32 heavy (non-hydrogen) atoms. The van der Waals surface area contributed by atoms with Gasteiger partial charge in [-0.05, 0) is 48.4 Å². The molecule has 10 heteroatoms. The number of aromatic nitrogens is 4. The van der Waals surface area contributed by atoms with Crippen LogP contribution in [0.2, 0.25) is 5.02 Å². The maximum Gasteiger partial charge on any atom is 0.329 e. The van der Waals surface area contributed by atoms with Crippen LogP contribution < -0.4 is 21.4 Å². The first-order chi connectivity index (χ1) is 15.5. The number of fused-ring (bicyclic) bond motifs is 1. The molecule has 2 aromatic heterocycles. The molecule has 0 saturated heterocycles. The third-order valence-electron chi connectivity index (χ3n) is 4.86. The van der Waals surface area contributed by atoms with E-state index in [1.165, 1.54) is 4.57 Å². The highest BCUT2D eigenvalue weighted by Gasteiger charge is 2.18. The number of H-pyrrole nitrogens is 1. The summed E-state index contributed by atoms with van der Waals surface area (Å²) >= 11 is 6.33. The van der Waals surface area contributed by atoms with Crippen molar-refractivity contribution in [2.45, 2.75) is 13.5 Å². The van der Waals surface area contributed by atoms with Crippen LogP contribution in [0.5, 0.6) is 5.75 Å². The molecule has 4 aromatic rings. The Morgan fingerprint density at radius 2 is 1.94 bits per heavy atom. The molecule has 0 amide bonds. The second-order valence-electron chi connectivity index (χ2n) is 6.98. The summed E-state index contributed by atoms with van der Waals surface area (Å²) in [6.45, 7) is 2.78. The third kappa shape index (κ3) is 4.28. The van der Waals surface area contributed by atoms with Gasteiger partial charge in [-0.2, -0.15) is 10.1 Å². The predicted molar refractivity (Wildman–Crippen MR) is 125 cm³/mol. The molecule has 2 N–H and O–H groups in total. The van der Waals surface area contributed by atoms with Crippen LogP contribution in [0, 0.1) is 0 Å². The largest absolute Gasteiger partial charge is 0.494 e. The first-order valence-corrected chi connectivity index (χ1v) is 10.3. The highest BCUT2D eigenvalue weighted by Crippen LogP contribution is 2.22. The number of hydrogen-bond donors (Lipinski definition) is 2. The molecule has 0 unspecified atom stereocenters. The van der Waals surface area contributed by atoms with Crippen molar-refractivity contribution in [3.05, 3.63) is 85.5 Å². The summed E-state index contributed by atoms with van der Waals surface area (Å²) in [5.74, 6) is 1.08. The number of aromatic amines is 1. The number of nitrogens with one attached hydrogen (secondary N) is 2. The van der Waals surface area contributed by atoms with Crippen LogP contribution in [0.25, 0.3) is 11.2 Å². The summed E-state index contributed by atoms with van der Waals surface area (Å²) in [6, 6.07) is 14.8. The molecule has 0 bridgehead atoms. The van der Waals surface area contributed by atoms with E-state index in [0.717, 1.165) is 16.9 Å². The molecule has 4 rings (SSSR count). The SMILES string of the molecule is CCOc1ccc(/C=N\Nc2nc3c(c(=O)[nH]c(=O)n3C)n2Cc2ccccc2Cl)cc1. The average molecular weight is 453 g/mol. The van der Waals surface area contributed by atoms with Gasteiger partial charge in [-0.1, -0.05) is 29.8 Å². The van der Waals surface area contributed by atoms with E-state index < -0.39 is 11.2 Å². The molecule has 9 nitrogen and oxygen atoms in total. The van der Waals surface area contributed by atoms with Crippen molar-refractivity contribution >= 4 is 34.9 Å². The smallest absolute Gasteiger partial charge is 0.329 e. The van der Waals surface area contributed by atoms with Crippen LogP contribution in [0.15, 0.2) is 63.2 Å². The molecular formula is C22H21ClN6O3. The number of anilines is 1. The maximum atomic E-state index is 12.6. The number of benzene rings is 2. The molecule has 0 atom stereocenters. The van der Waals surface area contributed by atoms with E-state index >= 15 is 0 Å². The number of rotatable bonds is 7. The first kappa shape index (κ1) is 21.4. The lowest BCUT2D eigenvalue weighted by Crippen LogP contribution is -2.29. The summed E-state index contributed by atoms with van der Waals surface area (Å²) in [4.78, 5) is 31.4. The van der Waals surface area contributed by atoms with Crippen molar-refractivity contribution in [3.63, 3.8) is 0 Å². The molecule has 0 aliphatic carbocycles. The van der Waals surface area contributed by atoms with Crippen LogP contribution >= 0.6 is 11.6 Å². The number of halogens is 1. The van der Waals surface area contributed by atoms with Gasteiger partial charge in [0, 0.05) is 12.1 Å². The lowest BCUT2D eigenvalue weighted by Gasteiger charge is -2.09. The molecule has 0 fully saturated rings. The molecule has 0 aliphatic rings. The van der Waals surface area contributed by atoms with Gasteiger partial charge in [0.1, 0.15) is 5.75 Å². The second kappa shape index (κ2) is 9.11. The first-order valence-electron chi connectivity index (χ1n) is 9.92. The molecule has 164 valence electrons. The van der Waals surface area contributed by atoms with Gasteiger partial charge in [0.05, 0.1) is 19.4 Å². The van der Waals surface area contributed by atoms with Gasteiger partial charge in [0.15, 0.2) is 11.2 Å². The molecule has 0 aliphatic heterocycles. The van der Waals surface area contributed by atoms with E-state index in [2.05, 4.69) is 20.5 Å². The minimum Gasteiger partial charge on any atom is -0.494 e. The van der Waals surface area contributed by atoms with Gasteiger partial charge < -0.3 is 4.74 Å². The lowest BCUT2D eigenvalue weighted by molar-refractivity contribution is 0.340. The standard InChI is InChI=1S/C22H21ClN6O3/c1-3-32-16-10-8-14(9-11-16)12-24-27-21-25-19-18(20(30)26-22(31)28(19)2)29(21)13-15-6-4-5-7-17(15)23/h4-12H,3,13H2,1-2H3,(H,25,27)(H,26,30,31)/b24-12-. The Morgan fingerprint density at radius 3 is 2.66 bits per heavy atom. The van der Waals surface area contributed by atoms with Gasteiger partial charge in [-0.3, -0.25) is 18.9 Å². The van der Waals surface area contributed by atoms with Crippen molar-refractivity contribution in [1.82, 2.24) is 19.1 Å². The van der Waals surface area contributed by atoms with E-state index in [1.807, 2.05) is 49.4 Å². The van der Waals surface area contributed by atoms with E-state index in [1.54, 1.807) is 23.9 Å². The van der Waals surface area contributed by atoms with E-state index in [-0.39, 0.29) is 17.7 Å². The highest BCUT2D eigenvalue weighted by molar-refractivity contribution is 6.31. The monoisotopic (exact) mass is 452 g/mol. The van der Waals surface area contributed by atoms with Crippen LogP contribution in [0.1, 0.15) is 18.1 Å². The molecule has 2 heterocycles. The van der Waals surface area contributed by atoms with E-state index in [4.69, 9.17) is 16.3 Å². The number of hydrogen-bond acceptors (Lipinski definition) is 6. The van der Waals surface area contributed by atoms with Gasteiger partial charge in [-0.25, -0.2) is 10.2 Å². The Hall–Kier alpha value is -3.85. The zero-order valence-electron chi connectivity index (χ0n) is 17.5.